The molecule has 250 valence electrons. The zero-order valence-corrected chi connectivity index (χ0v) is 26.9. The predicted octanol–water partition coefficient (Wildman–Crippen LogP) is 4.53. The van der Waals surface area contributed by atoms with E-state index in [9.17, 15) is 9.59 Å². The highest BCUT2D eigenvalue weighted by molar-refractivity contribution is 7.99. The van der Waals surface area contributed by atoms with Gasteiger partial charge in [-0.15, -0.1) is 9.94 Å². The first-order chi connectivity index (χ1) is 23.0. The fourth-order valence-electron chi connectivity index (χ4n) is 5.14. The number of nitrogens with zero attached hydrogens (tertiary/aromatic N) is 7. The van der Waals surface area contributed by atoms with Gasteiger partial charge in [-0.25, -0.2) is 19.6 Å². The van der Waals surface area contributed by atoms with Gasteiger partial charge in [-0.1, -0.05) is 30.0 Å². The van der Waals surface area contributed by atoms with Crippen LogP contribution in [0.15, 0.2) is 78.6 Å². The number of rotatable bonds is 11. The standard InChI is InChI=1S/C23H26N4O4.C9H14N4O2S/c28-23(26-15-9-20(10-16-26)18-30-27-14-3-13-25-27)31-21-7-5-19(6-8-21)11-17-29-22-4-1-2-12-24-22;14-9(15)13-3-1-7(2-4-13)5-16-8-10-6-11-12-8/h1-8,12-14,20H,9-11,15-18H2;6-7H,1-5H2,(H,14,15)(H,10,11,12). The first kappa shape index (κ1) is 33.6. The topological polar surface area (TPSA) is 161 Å². The van der Waals surface area contributed by atoms with Crippen LogP contribution in [0.2, 0.25) is 0 Å². The van der Waals surface area contributed by atoms with Crippen LogP contribution in [-0.4, -0.2) is 102 Å². The molecule has 0 spiro atoms. The molecule has 6 rings (SSSR count). The number of amides is 2. The van der Waals surface area contributed by atoms with Gasteiger partial charge in [0.15, 0.2) is 5.16 Å². The number of pyridine rings is 1. The Labute approximate surface area is 277 Å². The lowest BCUT2D eigenvalue weighted by atomic mass is 9.98. The molecule has 0 atom stereocenters. The molecule has 4 aromatic rings. The second-order valence-electron chi connectivity index (χ2n) is 11.2. The lowest BCUT2D eigenvalue weighted by molar-refractivity contribution is 0.0366. The molecule has 0 unspecified atom stereocenters. The van der Waals surface area contributed by atoms with Gasteiger partial charge in [0, 0.05) is 50.6 Å². The number of H-pyrrole nitrogens is 1. The summed E-state index contributed by atoms with van der Waals surface area (Å²) in [5.74, 6) is 3.11. The summed E-state index contributed by atoms with van der Waals surface area (Å²) in [4.78, 5) is 41.6. The van der Waals surface area contributed by atoms with Gasteiger partial charge in [-0.2, -0.15) is 5.10 Å². The molecule has 2 saturated heterocycles. The van der Waals surface area contributed by atoms with Crippen LogP contribution in [-0.2, 0) is 6.42 Å². The van der Waals surface area contributed by atoms with E-state index in [1.807, 2.05) is 48.5 Å². The number of hydrogen-bond acceptors (Lipinski definition) is 10. The summed E-state index contributed by atoms with van der Waals surface area (Å²) >= 11 is 1.65. The van der Waals surface area contributed by atoms with Gasteiger partial charge in [0.25, 0.3) is 0 Å². The summed E-state index contributed by atoms with van der Waals surface area (Å²) in [7, 11) is 0. The van der Waals surface area contributed by atoms with Crippen LogP contribution in [0.3, 0.4) is 0 Å². The van der Waals surface area contributed by atoms with Crippen LogP contribution < -0.4 is 14.3 Å². The molecule has 2 fully saturated rings. The quantitative estimate of drug-likeness (QED) is 0.217. The van der Waals surface area contributed by atoms with E-state index in [4.69, 9.17) is 19.4 Å². The van der Waals surface area contributed by atoms with Crippen molar-refractivity contribution in [3.05, 3.63) is 79.0 Å². The Morgan fingerprint density at radius 3 is 2.34 bits per heavy atom. The van der Waals surface area contributed by atoms with Crippen molar-refractivity contribution >= 4 is 23.9 Å². The molecule has 47 heavy (non-hydrogen) atoms. The monoisotopic (exact) mass is 664 g/mol. The van der Waals surface area contributed by atoms with Crippen LogP contribution in [0.1, 0.15) is 31.2 Å². The molecule has 1 aromatic carbocycles. The average molecular weight is 665 g/mol. The third-order valence-corrected chi connectivity index (χ3v) is 9.04. The summed E-state index contributed by atoms with van der Waals surface area (Å²) in [5.41, 5.74) is 1.11. The number of carbonyl (C=O) groups excluding carboxylic acids is 1. The Balaban J connectivity index is 0.000000227. The minimum atomic E-state index is -0.804. The van der Waals surface area contributed by atoms with Gasteiger partial charge >= 0.3 is 12.2 Å². The Kier molecular flexibility index (Phi) is 12.7. The van der Waals surface area contributed by atoms with Crippen molar-refractivity contribution < 1.29 is 29.0 Å². The molecule has 5 heterocycles. The summed E-state index contributed by atoms with van der Waals surface area (Å²) in [6, 6.07) is 14.9. The highest BCUT2D eigenvalue weighted by Gasteiger charge is 2.25. The molecule has 15 heteroatoms. The normalized spacial score (nSPS) is 15.4. The van der Waals surface area contributed by atoms with Crippen LogP contribution in [0.4, 0.5) is 9.59 Å². The molecule has 0 bridgehead atoms. The third-order valence-electron chi connectivity index (χ3n) is 7.94. The molecular formula is C32H40N8O6S. The van der Waals surface area contributed by atoms with Crippen molar-refractivity contribution in [2.45, 2.75) is 37.3 Å². The molecule has 0 radical (unpaired) electrons. The number of likely N-dealkylation sites (tertiary alicyclic amines) is 2. The van der Waals surface area contributed by atoms with Crippen LogP contribution in [0.25, 0.3) is 0 Å². The Morgan fingerprint density at radius 2 is 1.68 bits per heavy atom. The Bertz CT molecular complexity index is 1460. The smallest absolute Gasteiger partial charge is 0.415 e. The highest BCUT2D eigenvalue weighted by Crippen LogP contribution is 2.24. The third kappa shape index (κ3) is 11.2. The molecule has 2 N–H and O–H groups in total. The molecule has 2 aliphatic rings. The molecule has 0 saturated carbocycles. The van der Waals surface area contributed by atoms with Crippen molar-refractivity contribution in [3.63, 3.8) is 0 Å². The number of aromatic amines is 1. The lowest BCUT2D eigenvalue weighted by Crippen LogP contribution is -2.41. The van der Waals surface area contributed by atoms with Crippen molar-refractivity contribution in [1.82, 2.24) is 39.9 Å². The maximum absolute atomic E-state index is 12.5. The number of carboxylic acid groups (broad SMARTS) is 1. The molecule has 2 amide bonds. The summed E-state index contributed by atoms with van der Waals surface area (Å²) in [5, 5.41) is 20.2. The largest absolute Gasteiger partial charge is 0.477 e. The summed E-state index contributed by atoms with van der Waals surface area (Å²) in [6.45, 7) is 3.75. The van der Waals surface area contributed by atoms with E-state index in [1.165, 1.54) is 16.1 Å². The zero-order valence-electron chi connectivity index (χ0n) is 26.1. The van der Waals surface area contributed by atoms with Gasteiger partial charge in [0.05, 0.1) is 19.0 Å². The number of thioether (sulfide) groups is 1. The number of ether oxygens (including phenoxy) is 2. The maximum Gasteiger partial charge on any atom is 0.415 e. The number of hydrogen-bond donors (Lipinski definition) is 2. The van der Waals surface area contributed by atoms with Gasteiger partial charge in [-0.05, 0) is 67.3 Å². The predicted molar refractivity (Wildman–Crippen MR) is 173 cm³/mol. The first-order valence-electron chi connectivity index (χ1n) is 15.7. The number of aromatic nitrogens is 6. The SMILES string of the molecule is O=C(O)N1CCC(CSc2ncn[nH]2)CC1.O=C(Oc1ccc(CCOc2ccccn2)cc1)N1CCC(COn2cccn2)CC1. The molecular weight excluding hydrogens is 624 g/mol. The molecule has 0 aliphatic carbocycles. The Hall–Kier alpha value is -4.79. The van der Waals surface area contributed by atoms with E-state index in [1.54, 1.807) is 35.3 Å². The summed E-state index contributed by atoms with van der Waals surface area (Å²) in [6.07, 6.45) is 9.92. The average Bonchev–Trinajstić information content (AvgIpc) is 3.84. The van der Waals surface area contributed by atoms with Gasteiger partial charge in [-0.3, -0.25) is 5.10 Å². The van der Waals surface area contributed by atoms with E-state index in [0.717, 1.165) is 48.6 Å². The molecule has 14 nitrogen and oxygen atoms in total. The van der Waals surface area contributed by atoms with E-state index in [-0.39, 0.29) is 6.09 Å². The van der Waals surface area contributed by atoms with Gasteiger partial charge in [0.2, 0.25) is 5.88 Å². The van der Waals surface area contributed by atoms with Crippen LogP contribution in [0.5, 0.6) is 11.6 Å². The van der Waals surface area contributed by atoms with E-state index in [2.05, 4.69) is 25.3 Å². The van der Waals surface area contributed by atoms with Crippen molar-refractivity contribution in [2.75, 3.05) is 45.1 Å². The van der Waals surface area contributed by atoms with Crippen LogP contribution in [0, 0.1) is 11.8 Å². The minimum Gasteiger partial charge on any atom is -0.477 e. The van der Waals surface area contributed by atoms with Crippen molar-refractivity contribution in [2.24, 2.45) is 11.8 Å². The van der Waals surface area contributed by atoms with Gasteiger partial charge in [0.1, 0.15) is 18.7 Å². The van der Waals surface area contributed by atoms with E-state index < -0.39 is 6.09 Å². The number of nitrogens with one attached hydrogen (secondary N) is 1. The molecule has 2 aliphatic heterocycles. The lowest BCUT2D eigenvalue weighted by Gasteiger charge is -2.30. The zero-order chi connectivity index (χ0) is 32.7. The molecule has 3 aromatic heterocycles. The maximum atomic E-state index is 12.5. The number of carbonyl (C=O) groups is 2. The summed E-state index contributed by atoms with van der Waals surface area (Å²) < 4.78 is 11.2. The Morgan fingerprint density at radius 1 is 0.915 bits per heavy atom. The van der Waals surface area contributed by atoms with Crippen LogP contribution >= 0.6 is 11.8 Å². The fourth-order valence-corrected chi connectivity index (χ4v) is 6.11. The van der Waals surface area contributed by atoms with Crippen molar-refractivity contribution in [1.29, 1.82) is 0 Å². The highest BCUT2D eigenvalue weighted by atomic mass is 32.2. The second kappa shape index (κ2) is 17.8. The van der Waals surface area contributed by atoms with Crippen molar-refractivity contribution in [3.8, 4) is 11.6 Å². The minimum absolute atomic E-state index is 0.308. The number of piperidine rings is 2. The number of benzene rings is 1. The van der Waals surface area contributed by atoms with E-state index in [0.29, 0.717) is 62.9 Å². The van der Waals surface area contributed by atoms with Gasteiger partial charge < -0.3 is 29.2 Å². The van der Waals surface area contributed by atoms with E-state index >= 15 is 0 Å². The fraction of sp³-hybridized carbons (Fsp3) is 0.438. The first-order valence-corrected chi connectivity index (χ1v) is 16.7. The second-order valence-corrected chi connectivity index (χ2v) is 12.2.